The second kappa shape index (κ2) is 8.61. The average Bonchev–Trinajstić information content (AvgIpc) is 3.22. The van der Waals surface area contributed by atoms with E-state index in [0.717, 1.165) is 25.7 Å². The Kier molecular flexibility index (Phi) is 6.40. The van der Waals surface area contributed by atoms with Crippen LogP contribution in [-0.2, 0) is 19.6 Å². The van der Waals surface area contributed by atoms with Crippen molar-refractivity contribution in [2.24, 2.45) is 5.92 Å². The number of ether oxygens (including phenoxy) is 1. The summed E-state index contributed by atoms with van der Waals surface area (Å²) in [6, 6.07) is 5.73. The molecule has 28 heavy (non-hydrogen) atoms. The van der Waals surface area contributed by atoms with Gasteiger partial charge in [0.15, 0.2) is 6.10 Å². The number of esters is 1. The number of likely N-dealkylation sites (tertiary alicyclic amines) is 1. The molecule has 2 aliphatic rings. The lowest BCUT2D eigenvalue weighted by Crippen LogP contribution is -2.38. The molecule has 1 amide bonds. The Hall–Kier alpha value is -1.93. The number of sulfonamides is 1. The van der Waals surface area contributed by atoms with Gasteiger partial charge in [0.05, 0.1) is 10.5 Å². The zero-order valence-electron chi connectivity index (χ0n) is 16.5. The van der Waals surface area contributed by atoms with Gasteiger partial charge < -0.3 is 9.64 Å². The largest absolute Gasteiger partial charge is 0.449 e. The van der Waals surface area contributed by atoms with Crippen molar-refractivity contribution in [2.75, 3.05) is 26.2 Å². The molecule has 8 heteroatoms. The van der Waals surface area contributed by atoms with Crippen molar-refractivity contribution in [1.29, 1.82) is 0 Å². The standard InChI is InChI=1S/C20H28N2O5S/c1-15-9-13-22(14-10-15)28(25,26)18-7-5-17(6-8-18)20(24)27-16(2)19(23)21-11-3-4-12-21/h5-8,15-16H,3-4,9-14H2,1-2H3. The predicted molar refractivity (Wildman–Crippen MR) is 104 cm³/mol. The van der Waals surface area contributed by atoms with Crippen molar-refractivity contribution >= 4 is 21.9 Å². The molecule has 0 N–H and O–H groups in total. The summed E-state index contributed by atoms with van der Waals surface area (Å²) in [6.45, 7) is 6.12. The molecule has 0 spiro atoms. The van der Waals surface area contributed by atoms with Crippen LogP contribution in [0.3, 0.4) is 0 Å². The van der Waals surface area contributed by atoms with Gasteiger partial charge in [0.2, 0.25) is 10.0 Å². The van der Waals surface area contributed by atoms with Gasteiger partial charge in [0.25, 0.3) is 5.91 Å². The van der Waals surface area contributed by atoms with Gasteiger partial charge in [-0.3, -0.25) is 4.79 Å². The minimum Gasteiger partial charge on any atom is -0.449 e. The summed E-state index contributed by atoms with van der Waals surface area (Å²) in [6.07, 6.45) is 2.79. The SMILES string of the molecule is CC1CCN(S(=O)(=O)c2ccc(C(=O)OC(C)C(=O)N3CCCC3)cc2)CC1. The number of amides is 1. The molecular formula is C20H28N2O5S. The van der Waals surface area contributed by atoms with Gasteiger partial charge in [-0.25, -0.2) is 13.2 Å². The predicted octanol–water partition coefficient (Wildman–Crippen LogP) is 2.27. The molecule has 0 aliphatic carbocycles. The minimum absolute atomic E-state index is 0.166. The molecule has 7 nitrogen and oxygen atoms in total. The van der Waals surface area contributed by atoms with E-state index in [1.807, 2.05) is 0 Å². The van der Waals surface area contributed by atoms with E-state index in [1.165, 1.54) is 28.6 Å². The Morgan fingerprint density at radius 2 is 1.61 bits per heavy atom. The minimum atomic E-state index is -3.56. The number of benzene rings is 1. The van der Waals surface area contributed by atoms with Crippen LogP contribution in [0.5, 0.6) is 0 Å². The molecule has 0 bridgehead atoms. The van der Waals surface area contributed by atoms with Crippen LogP contribution in [0, 0.1) is 5.92 Å². The fourth-order valence-electron chi connectivity index (χ4n) is 3.61. The summed E-state index contributed by atoms with van der Waals surface area (Å²) >= 11 is 0. The number of hydrogen-bond donors (Lipinski definition) is 0. The van der Waals surface area contributed by atoms with Gasteiger partial charge in [0, 0.05) is 26.2 Å². The maximum atomic E-state index is 12.7. The second-order valence-corrected chi connectivity index (χ2v) is 9.63. The van der Waals surface area contributed by atoms with E-state index in [9.17, 15) is 18.0 Å². The van der Waals surface area contributed by atoms with Crippen molar-refractivity contribution in [3.63, 3.8) is 0 Å². The van der Waals surface area contributed by atoms with Gasteiger partial charge in [-0.05, 0) is 62.8 Å². The Morgan fingerprint density at radius 3 is 2.18 bits per heavy atom. The lowest BCUT2D eigenvalue weighted by molar-refractivity contribution is -0.138. The van der Waals surface area contributed by atoms with Crippen molar-refractivity contribution in [3.8, 4) is 0 Å². The number of nitrogens with zero attached hydrogens (tertiary/aromatic N) is 2. The highest BCUT2D eigenvalue weighted by molar-refractivity contribution is 7.89. The van der Waals surface area contributed by atoms with E-state index in [4.69, 9.17) is 4.74 Å². The van der Waals surface area contributed by atoms with E-state index in [-0.39, 0.29) is 16.4 Å². The first kappa shape index (κ1) is 20.8. The van der Waals surface area contributed by atoms with Crippen LogP contribution in [0.15, 0.2) is 29.2 Å². The highest BCUT2D eigenvalue weighted by Crippen LogP contribution is 2.24. The van der Waals surface area contributed by atoms with Crippen LogP contribution >= 0.6 is 0 Å². The summed E-state index contributed by atoms with van der Waals surface area (Å²) in [5.74, 6) is -0.283. The van der Waals surface area contributed by atoms with E-state index < -0.39 is 22.1 Å². The number of carbonyl (C=O) groups is 2. The molecule has 3 rings (SSSR count). The number of hydrogen-bond acceptors (Lipinski definition) is 5. The molecule has 0 saturated carbocycles. The fourth-order valence-corrected chi connectivity index (χ4v) is 5.08. The molecule has 0 radical (unpaired) electrons. The zero-order valence-corrected chi connectivity index (χ0v) is 17.3. The normalized spacial score (nSPS) is 20.1. The lowest BCUT2D eigenvalue weighted by Gasteiger charge is -2.29. The maximum Gasteiger partial charge on any atom is 0.338 e. The lowest BCUT2D eigenvalue weighted by atomic mass is 10.0. The number of piperidine rings is 1. The molecule has 2 saturated heterocycles. The van der Waals surface area contributed by atoms with Crippen molar-refractivity contribution in [3.05, 3.63) is 29.8 Å². The Morgan fingerprint density at radius 1 is 1.04 bits per heavy atom. The Labute approximate surface area is 166 Å². The van der Waals surface area contributed by atoms with Crippen LogP contribution in [0.1, 0.15) is 49.9 Å². The van der Waals surface area contributed by atoms with Crippen LogP contribution in [-0.4, -0.2) is 61.8 Å². The van der Waals surface area contributed by atoms with E-state index in [0.29, 0.717) is 32.1 Å². The third-order valence-electron chi connectivity index (χ3n) is 5.52. The van der Waals surface area contributed by atoms with E-state index in [2.05, 4.69) is 6.92 Å². The molecule has 154 valence electrons. The van der Waals surface area contributed by atoms with Crippen LogP contribution in [0.25, 0.3) is 0 Å². The molecule has 1 aromatic carbocycles. The summed E-state index contributed by atoms with van der Waals surface area (Å²) in [5, 5.41) is 0. The summed E-state index contributed by atoms with van der Waals surface area (Å²) in [5.41, 5.74) is 0.229. The van der Waals surface area contributed by atoms with Gasteiger partial charge in [0.1, 0.15) is 0 Å². The number of rotatable bonds is 5. The smallest absolute Gasteiger partial charge is 0.338 e. The maximum absolute atomic E-state index is 12.7. The first-order valence-electron chi connectivity index (χ1n) is 9.89. The summed E-state index contributed by atoms with van der Waals surface area (Å²) in [7, 11) is -3.56. The molecule has 2 heterocycles. The van der Waals surface area contributed by atoms with Crippen LogP contribution in [0.4, 0.5) is 0 Å². The van der Waals surface area contributed by atoms with E-state index >= 15 is 0 Å². The van der Waals surface area contributed by atoms with E-state index in [1.54, 1.807) is 11.8 Å². The molecular weight excluding hydrogens is 380 g/mol. The topological polar surface area (TPSA) is 84.0 Å². The van der Waals surface area contributed by atoms with Gasteiger partial charge >= 0.3 is 5.97 Å². The second-order valence-electron chi connectivity index (χ2n) is 7.69. The average molecular weight is 409 g/mol. The first-order chi connectivity index (χ1) is 13.3. The molecule has 2 aliphatic heterocycles. The Balaban J connectivity index is 1.63. The molecule has 0 aromatic heterocycles. The Bertz CT molecular complexity index is 808. The quantitative estimate of drug-likeness (QED) is 0.698. The van der Waals surface area contributed by atoms with Crippen LogP contribution in [0.2, 0.25) is 0 Å². The van der Waals surface area contributed by atoms with Crippen molar-refractivity contribution in [2.45, 2.75) is 50.5 Å². The summed E-state index contributed by atoms with van der Waals surface area (Å²) < 4.78 is 32.3. The van der Waals surface area contributed by atoms with Gasteiger partial charge in [-0.1, -0.05) is 6.92 Å². The monoisotopic (exact) mass is 408 g/mol. The van der Waals surface area contributed by atoms with Gasteiger partial charge in [-0.15, -0.1) is 0 Å². The number of carbonyl (C=O) groups excluding carboxylic acids is 2. The highest BCUT2D eigenvalue weighted by Gasteiger charge is 2.29. The molecule has 1 aromatic rings. The first-order valence-corrected chi connectivity index (χ1v) is 11.3. The third kappa shape index (κ3) is 4.55. The summed E-state index contributed by atoms with van der Waals surface area (Å²) in [4.78, 5) is 26.4. The molecule has 1 unspecified atom stereocenters. The van der Waals surface area contributed by atoms with Crippen LogP contribution < -0.4 is 0 Å². The zero-order chi connectivity index (χ0) is 20.3. The van der Waals surface area contributed by atoms with Crippen molar-refractivity contribution < 1.29 is 22.7 Å². The third-order valence-corrected chi connectivity index (χ3v) is 7.43. The highest BCUT2D eigenvalue weighted by atomic mass is 32.2. The fraction of sp³-hybridized carbons (Fsp3) is 0.600. The van der Waals surface area contributed by atoms with Gasteiger partial charge in [-0.2, -0.15) is 4.31 Å². The molecule has 1 atom stereocenters. The van der Waals surface area contributed by atoms with Crippen molar-refractivity contribution in [1.82, 2.24) is 9.21 Å². The molecule has 2 fully saturated rings.